The Kier molecular flexibility index (Phi) is 3.39. The second-order valence-electron chi connectivity index (χ2n) is 4.07. The molecule has 0 spiro atoms. The van der Waals surface area contributed by atoms with Gasteiger partial charge in [0.15, 0.2) is 0 Å². The minimum absolute atomic E-state index is 0.0998. The fourth-order valence-corrected chi connectivity index (χ4v) is 2.94. The standard InChI is InChI=1S/C12H12N2O4S/c1-9-2-4-11(5-3-9)19(17,18)14-8-13-7-10(14)6-12(15)16/h2-5,7-8H,6H2,1H3,(H,15,16). The molecule has 0 saturated heterocycles. The molecule has 0 unspecified atom stereocenters. The lowest BCUT2D eigenvalue weighted by Crippen LogP contribution is -2.16. The fourth-order valence-electron chi connectivity index (χ4n) is 1.63. The van der Waals surface area contributed by atoms with Crippen LogP contribution in [0.1, 0.15) is 11.3 Å². The van der Waals surface area contributed by atoms with Gasteiger partial charge in [-0.25, -0.2) is 17.4 Å². The van der Waals surface area contributed by atoms with Crippen molar-refractivity contribution in [3.63, 3.8) is 0 Å². The zero-order valence-corrected chi connectivity index (χ0v) is 11.0. The Labute approximate surface area is 110 Å². The topological polar surface area (TPSA) is 89.3 Å². The molecular formula is C12H12N2O4S. The predicted molar refractivity (Wildman–Crippen MR) is 67.3 cm³/mol. The van der Waals surface area contributed by atoms with Crippen molar-refractivity contribution in [3.05, 3.63) is 48.0 Å². The number of aliphatic carboxylic acids is 1. The van der Waals surface area contributed by atoms with E-state index in [1.165, 1.54) is 18.3 Å². The van der Waals surface area contributed by atoms with Gasteiger partial charge in [0.25, 0.3) is 10.0 Å². The van der Waals surface area contributed by atoms with Gasteiger partial charge < -0.3 is 5.11 Å². The van der Waals surface area contributed by atoms with Gasteiger partial charge in [0, 0.05) is 6.20 Å². The summed E-state index contributed by atoms with van der Waals surface area (Å²) in [5.74, 6) is -1.11. The molecule has 0 saturated carbocycles. The van der Waals surface area contributed by atoms with Crippen LogP contribution >= 0.6 is 0 Å². The molecule has 100 valence electrons. The van der Waals surface area contributed by atoms with Crippen LogP contribution in [-0.2, 0) is 21.2 Å². The molecule has 6 nitrogen and oxygen atoms in total. The Bertz CT molecular complexity index is 702. The number of nitrogens with zero attached hydrogens (tertiary/aromatic N) is 2. The number of aryl methyl sites for hydroxylation is 1. The van der Waals surface area contributed by atoms with E-state index in [4.69, 9.17) is 5.11 Å². The van der Waals surface area contributed by atoms with Gasteiger partial charge in [-0.15, -0.1) is 0 Å². The molecule has 0 radical (unpaired) electrons. The summed E-state index contributed by atoms with van der Waals surface area (Å²) in [4.78, 5) is 14.5. The van der Waals surface area contributed by atoms with Crippen LogP contribution in [-0.4, -0.2) is 28.5 Å². The third-order valence-corrected chi connectivity index (χ3v) is 4.30. The summed E-state index contributed by atoms with van der Waals surface area (Å²) in [6.07, 6.45) is 1.94. The molecule has 0 amide bonds. The molecule has 1 heterocycles. The Hall–Kier alpha value is -2.15. The lowest BCUT2D eigenvalue weighted by Gasteiger charge is -2.08. The smallest absolute Gasteiger partial charge is 0.309 e. The van der Waals surface area contributed by atoms with Gasteiger partial charge in [-0.3, -0.25) is 4.79 Å². The number of hydrogen-bond acceptors (Lipinski definition) is 4. The van der Waals surface area contributed by atoms with Gasteiger partial charge >= 0.3 is 5.97 Å². The summed E-state index contributed by atoms with van der Waals surface area (Å²) >= 11 is 0. The molecule has 0 aliphatic carbocycles. The van der Waals surface area contributed by atoms with Crippen molar-refractivity contribution in [2.75, 3.05) is 0 Å². The van der Waals surface area contributed by atoms with E-state index in [1.54, 1.807) is 12.1 Å². The number of benzene rings is 1. The molecule has 2 aromatic rings. The van der Waals surface area contributed by atoms with E-state index in [0.717, 1.165) is 15.9 Å². The first-order valence-electron chi connectivity index (χ1n) is 5.46. The van der Waals surface area contributed by atoms with E-state index in [2.05, 4.69) is 4.98 Å². The van der Waals surface area contributed by atoms with Crippen molar-refractivity contribution >= 4 is 16.0 Å². The SMILES string of the molecule is Cc1ccc(S(=O)(=O)n2cncc2CC(=O)O)cc1. The van der Waals surface area contributed by atoms with Gasteiger partial charge in [-0.1, -0.05) is 17.7 Å². The lowest BCUT2D eigenvalue weighted by atomic mass is 10.2. The maximum Gasteiger partial charge on any atom is 0.309 e. The first-order chi connectivity index (χ1) is 8.91. The molecule has 1 N–H and O–H groups in total. The minimum atomic E-state index is -3.80. The van der Waals surface area contributed by atoms with Crippen LogP contribution in [0.2, 0.25) is 0 Å². The molecule has 1 aromatic carbocycles. The lowest BCUT2D eigenvalue weighted by molar-refractivity contribution is -0.136. The van der Waals surface area contributed by atoms with E-state index >= 15 is 0 Å². The highest BCUT2D eigenvalue weighted by molar-refractivity contribution is 7.90. The van der Waals surface area contributed by atoms with Crippen LogP contribution in [0.15, 0.2) is 41.7 Å². The van der Waals surface area contributed by atoms with E-state index < -0.39 is 22.4 Å². The first-order valence-corrected chi connectivity index (χ1v) is 6.90. The van der Waals surface area contributed by atoms with Gasteiger partial charge in [-0.2, -0.15) is 0 Å². The van der Waals surface area contributed by atoms with Crippen molar-refractivity contribution in [1.29, 1.82) is 0 Å². The maximum absolute atomic E-state index is 12.3. The maximum atomic E-state index is 12.3. The van der Waals surface area contributed by atoms with Crippen LogP contribution in [0.4, 0.5) is 0 Å². The molecule has 19 heavy (non-hydrogen) atoms. The summed E-state index contributed by atoms with van der Waals surface area (Å²) in [6.45, 7) is 1.85. The van der Waals surface area contributed by atoms with Gasteiger partial charge in [0.1, 0.15) is 6.33 Å². The van der Waals surface area contributed by atoms with Crippen molar-refractivity contribution < 1.29 is 18.3 Å². The number of carboxylic acid groups (broad SMARTS) is 1. The van der Waals surface area contributed by atoms with Gasteiger partial charge in [0.2, 0.25) is 0 Å². The predicted octanol–water partition coefficient (Wildman–Crippen LogP) is 1.06. The highest BCUT2D eigenvalue weighted by Gasteiger charge is 2.20. The molecule has 7 heteroatoms. The van der Waals surface area contributed by atoms with Crippen molar-refractivity contribution in [3.8, 4) is 0 Å². The van der Waals surface area contributed by atoms with Crippen LogP contribution < -0.4 is 0 Å². The Morgan fingerprint density at radius 1 is 1.32 bits per heavy atom. The van der Waals surface area contributed by atoms with E-state index in [0.29, 0.717) is 0 Å². The zero-order valence-electron chi connectivity index (χ0n) is 10.1. The molecule has 2 rings (SSSR count). The number of carbonyl (C=O) groups is 1. The molecular weight excluding hydrogens is 268 g/mol. The highest BCUT2D eigenvalue weighted by atomic mass is 32.2. The average molecular weight is 280 g/mol. The van der Waals surface area contributed by atoms with E-state index in [-0.39, 0.29) is 10.6 Å². The third-order valence-electron chi connectivity index (χ3n) is 2.59. The number of carboxylic acids is 1. The first kappa shape index (κ1) is 13.3. The van der Waals surface area contributed by atoms with Crippen molar-refractivity contribution in [1.82, 2.24) is 8.96 Å². The Morgan fingerprint density at radius 3 is 2.53 bits per heavy atom. The Balaban J connectivity index is 2.48. The second-order valence-corrected chi connectivity index (χ2v) is 5.88. The summed E-state index contributed by atoms with van der Waals surface area (Å²) in [7, 11) is -3.80. The van der Waals surface area contributed by atoms with Crippen LogP contribution in [0.3, 0.4) is 0 Å². The highest BCUT2D eigenvalue weighted by Crippen LogP contribution is 2.16. The largest absolute Gasteiger partial charge is 0.481 e. The molecule has 0 aliphatic rings. The second kappa shape index (κ2) is 4.85. The number of hydrogen-bond donors (Lipinski definition) is 1. The molecule has 1 aromatic heterocycles. The minimum Gasteiger partial charge on any atom is -0.481 e. The van der Waals surface area contributed by atoms with Gasteiger partial charge in [0.05, 0.1) is 17.0 Å². The average Bonchev–Trinajstić information content (AvgIpc) is 2.77. The monoisotopic (exact) mass is 280 g/mol. The summed E-state index contributed by atoms with van der Waals surface area (Å²) in [6, 6.07) is 6.33. The number of aromatic nitrogens is 2. The van der Waals surface area contributed by atoms with E-state index in [9.17, 15) is 13.2 Å². The van der Waals surface area contributed by atoms with Crippen LogP contribution in [0.25, 0.3) is 0 Å². The third kappa shape index (κ3) is 2.65. The molecule has 0 atom stereocenters. The number of imidazole rings is 1. The quantitative estimate of drug-likeness (QED) is 0.904. The molecule has 0 fully saturated rings. The van der Waals surface area contributed by atoms with Crippen molar-refractivity contribution in [2.45, 2.75) is 18.2 Å². The van der Waals surface area contributed by atoms with Crippen LogP contribution in [0.5, 0.6) is 0 Å². The Morgan fingerprint density at radius 2 is 1.95 bits per heavy atom. The molecule has 0 aliphatic heterocycles. The van der Waals surface area contributed by atoms with Crippen LogP contribution in [0, 0.1) is 6.92 Å². The summed E-state index contributed by atoms with van der Waals surface area (Å²) in [5, 5.41) is 8.75. The summed E-state index contributed by atoms with van der Waals surface area (Å²) in [5.41, 5.74) is 1.06. The molecule has 0 bridgehead atoms. The van der Waals surface area contributed by atoms with Crippen molar-refractivity contribution in [2.24, 2.45) is 0 Å². The normalized spacial score (nSPS) is 11.4. The zero-order chi connectivity index (χ0) is 14.0. The van der Waals surface area contributed by atoms with Gasteiger partial charge in [-0.05, 0) is 19.1 Å². The van der Waals surface area contributed by atoms with E-state index in [1.807, 2.05) is 6.92 Å². The number of rotatable bonds is 4. The fraction of sp³-hybridized carbons (Fsp3) is 0.167. The summed E-state index contributed by atoms with van der Waals surface area (Å²) < 4.78 is 25.6.